The summed E-state index contributed by atoms with van der Waals surface area (Å²) in [5.74, 6) is -0.0728. The Kier molecular flexibility index (Phi) is 8.44. The monoisotopic (exact) mass is 600 g/mol. The molecule has 5 rings (SSSR count). The number of hydrogen-bond acceptors (Lipinski definition) is 4. The van der Waals surface area contributed by atoms with Crippen LogP contribution in [0.5, 0.6) is 0 Å². The van der Waals surface area contributed by atoms with Gasteiger partial charge in [-0.2, -0.15) is 13.2 Å². The Balaban J connectivity index is 1.40. The van der Waals surface area contributed by atoms with Crippen LogP contribution in [0.25, 0.3) is 0 Å². The number of aromatic nitrogens is 2. The van der Waals surface area contributed by atoms with Crippen molar-refractivity contribution >= 4 is 12.0 Å². The van der Waals surface area contributed by atoms with Gasteiger partial charge in [-0.15, -0.1) is 0 Å². The Bertz CT molecular complexity index is 1370. The third-order valence-electron chi connectivity index (χ3n) is 9.13. The molecule has 4 heterocycles. The van der Waals surface area contributed by atoms with Crippen LogP contribution in [0, 0.1) is 19.3 Å². The summed E-state index contributed by atoms with van der Waals surface area (Å²) in [4.78, 5) is 35.2. The van der Waals surface area contributed by atoms with E-state index in [1.165, 1.54) is 0 Å². The number of hydrogen-bond donors (Lipinski definition) is 0. The predicted octanol–water partition coefficient (Wildman–Crippen LogP) is 7.16. The highest BCUT2D eigenvalue weighted by atomic mass is 19.4. The molecule has 2 aromatic heterocycles. The lowest BCUT2D eigenvalue weighted by Crippen LogP contribution is -2.48. The highest BCUT2D eigenvalue weighted by Crippen LogP contribution is 2.46. The molecule has 43 heavy (non-hydrogen) atoms. The average molecular weight is 601 g/mol. The van der Waals surface area contributed by atoms with Crippen molar-refractivity contribution in [2.75, 3.05) is 13.1 Å². The number of fused-ring (bicyclic) bond motifs is 1. The Morgan fingerprint density at radius 2 is 1.81 bits per heavy atom. The van der Waals surface area contributed by atoms with Crippen molar-refractivity contribution in [2.45, 2.75) is 110 Å². The summed E-state index contributed by atoms with van der Waals surface area (Å²) in [6.45, 7) is 10.8. The zero-order valence-electron chi connectivity index (χ0n) is 25.8. The fraction of sp³-hybridized carbons (Fsp3) is 0.606. The number of aryl methyl sites for hydroxylation is 2. The molecule has 0 N–H and O–H groups in total. The van der Waals surface area contributed by atoms with Gasteiger partial charge in [0.05, 0.1) is 17.0 Å². The predicted molar refractivity (Wildman–Crippen MR) is 157 cm³/mol. The lowest BCUT2D eigenvalue weighted by molar-refractivity contribution is -0.141. The van der Waals surface area contributed by atoms with E-state index < -0.39 is 22.8 Å². The second kappa shape index (κ2) is 11.7. The molecule has 1 fully saturated rings. The summed E-state index contributed by atoms with van der Waals surface area (Å²) in [7, 11) is 0. The van der Waals surface area contributed by atoms with Crippen LogP contribution in [0.4, 0.5) is 18.0 Å². The number of carbonyl (C=O) groups excluding carboxylic acids is 2. The van der Waals surface area contributed by atoms with Crippen molar-refractivity contribution in [2.24, 2.45) is 5.41 Å². The summed E-state index contributed by atoms with van der Waals surface area (Å²) in [6, 6.07) is 5.21. The molecule has 2 aromatic rings. The molecular formula is C33H43F3N4O3. The van der Waals surface area contributed by atoms with E-state index in [1.54, 1.807) is 4.90 Å². The second-order valence-electron chi connectivity index (χ2n) is 13.4. The van der Waals surface area contributed by atoms with Gasteiger partial charge in [0, 0.05) is 55.4 Å². The van der Waals surface area contributed by atoms with Gasteiger partial charge in [0.15, 0.2) is 0 Å². The smallest absolute Gasteiger partial charge is 0.417 e. The van der Waals surface area contributed by atoms with Gasteiger partial charge in [-0.3, -0.25) is 9.78 Å². The van der Waals surface area contributed by atoms with Crippen molar-refractivity contribution in [1.29, 1.82) is 0 Å². The molecule has 3 aliphatic rings. The Morgan fingerprint density at radius 1 is 1.09 bits per heavy atom. The number of rotatable bonds is 5. The van der Waals surface area contributed by atoms with E-state index in [4.69, 9.17) is 4.74 Å². The standard InChI is InChI=1S/C33H43F3N4O3/c1-22-9-10-23(2)40(22)27-12-15-32(19-27,14-11-26-8-6-7-16-39(26)30(42)43-31(3,4)5)29(41)38-17-13-28-24(21-38)18-25(20-37-28)33(34,35)36/h9-10,12,15,18,20,26-27H,6-8,11,13-14,16-17,19,21H2,1-5H3/t26?,27-,32+/m1/s1. The molecule has 1 saturated heterocycles. The Hall–Kier alpha value is -3.30. The van der Waals surface area contributed by atoms with Crippen molar-refractivity contribution < 1.29 is 27.5 Å². The summed E-state index contributed by atoms with van der Waals surface area (Å²) in [5.41, 5.74) is 1.04. The third kappa shape index (κ3) is 6.63. The second-order valence-corrected chi connectivity index (χ2v) is 13.4. The SMILES string of the molecule is Cc1ccc(C)n1[C@@H]1C=C[C@](CCC2CCCCN2C(=O)OC(C)(C)C)(C(=O)N2CCc3ncc(C(F)(F)F)cc3C2)C1. The van der Waals surface area contributed by atoms with Gasteiger partial charge in [0.25, 0.3) is 0 Å². The van der Waals surface area contributed by atoms with E-state index in [1.807, 2.05) is 31.7 Å². The number of alkyl halides is 3. The molecule has 0 radical (unpaired) electrons. The maximum Gasteiger partial charge on any atom is 0.417 e. The number of likely N-dealkylation sites (tertiary alicyclic amines) is 1. The van der Waals surface area contributed by atoms with E-state index in [-0.39, 0.29) is 30.6 Å². The fourth-order valence-electron chi connectivity index (χ4n) is 6.99. The molecule has 0 spiro atoms. The van der Waals surface area contributed by atoms with E-state index in [2.05, 4.69) is 41.6 Å². The van der Waals surface area contributed by atoms with Gasteiger partial charge in [-0.1, -0.05) is 12.2 Å². The van der Waals surface area contributed by atoms with Gasteiger partial charge in [0.2, 0.25) is 5.91 Å². The van der Waals surface area contributed by atoms with Gasteiger partial charge in [-0.25, -0.2) is 4.79 Å². The van der Waals surface area contributed by atoms with Crippen LogP contribution in [0.3, 0.4) is 0 Å². The normalized spacial score (nSPS) is 24.3. The van der Waals surface area contributed by atoms with Crippen molar-refractivity contribution in [1.82, 2.24) is 19.4 Å². The molecule has 7 nitrogen and oxygen atoms in total. The first-order valence-electron chi connectivity index (χ1n) is 15.3. The zero-order valence-corrected chi connectivity index (χ0v) is 25.8. The lowest BCUT2D eigenvalue weighted by atomic mass is 9.78. The molecule has 2 amide bonds. The van der Waals surface area contributed by atoms with Crippen LogP contribution in [0.1, 0.15) is 93.5 Å². The van der Waals surface area contributed by atoms with Crippen molar-refractivity contribution in [3.8, 4) is 0 Å². The number of piperidine rings is 1. The van der Waals surface area contributed by atoms with Gasteiger partial charge < -0.3 is 19.1 Å². The molecular weight excluding hydrogens is 557 g/mol. The first-order chi connectivity index (χ1) is 20.2. The first kappa shape index (κ1) is 31.1. The first-order valence-corrected chi connectivity index (χ1v) is 15.3. The molecule has 0 saturated carbocycles. The molecule has 3 atom stereocenters. The summed E-state index contributed by atoms with van der Waals surface area (Å²) >= 11 is 0. The van der Waals surface area contributed by atoms with E-state index in [0.29, 0.717) is 50.0 Å². The van der Waals surface area contributed by atoms with Crippen LogP contribution in [-0.4, -0.2) is 56.1 Å². The number of pyridine rings is 1. The maximum absolute atomic E-state index is 14.5. The summed E-state index contributed by atoms with van der Waals surface area (Å²) in [6.07, 6.45) is 5.09. The topological polar surface area (TPSA) is 67.7 Å². The minimum absolute atomic E-state index is 0.0113. The van der Waals surface area contributed by atoms with Gasteiger partial charge in [0.1, 0.15) is 5.60 Å². The number of allylic oxidation sites excluding steroid dienone is 1. The Morgan fingerprint density at radius 3 is 2.49 bits per heavy atom. The van der Waals surface area contributed by atoms with Gasteiger partial charge >= 0.3 is 12.3 Å². The molecule has 2 aliphatic heterocycles. The van der Waals surface area contributed by atoms with Crippen LogP contribution in [-0.2, 0) is 28.7 Å². The number of ether oxygens (including phenoxy) is 1. The quantitative estimate of drug-likeness (QED) is 0.342. The van der Waals surface area contributed by atoms with E-state index in [0.717, 1.165) is 42.9 Å². The molecule has 234 valence electrons. The Labute approximate surface area is 252 Å². The number of nitrogens with zero attached hydrogens (tertiary/aromatic N) is 4. The summed E-state index contributed by atoms with van der Waals surface area (Å²) in [5, 5.41) is 0. The fourth-order valence-corrected chi connectivity index (χ4v) is 6.99. The molecule has 1 unspecified atom stereocenters. The number of carbonyl (C=O) groups is 2. The van der Waals surface area contributed by atoms with Crippen molar-refractivity contribution in [3.63, 3.8) is 0 Å². The van der Waals surface area contributed by atoms with E-state index in [9.17, 15) is 22.8 Å². The van der Waals surface area contributed by atoms with Crippen LogP contribution < -0.4 is 0 Å². The van der Waals surface area contributed by atoms with Crippen LogP contribution in [0.2, 0.25) is 0 Å². The van der Waals surface area contributed by atoms with Crippen molar-refractivity contribution in [3.05, 3.63) is 64.8 Å². The molecule has 10 heteroatoms. The highest BCUT2D eigenvalue weighted by Gasteiger charge is 2.46. The molecule has 0 aromatic carbocycles. The van der Waals surface area contributed by atoms with E-state index >= 15 is 0 Å². The maximum atomic E-state index is 14.5. The number of amides is 2. The third-order valence-corrected chi connectivity index (χ3v) is 9.13. The largest absolute Gasteiger partial charge is 0.444 e. The number of halogens is 3. The van der Waals surface area contributed by atoms with Gasteiger partial charge in [-0.05, 0) is 96.9 Å². The molecule has 0 bridgehead atoms. The minimum atomic E-state index is -4.50. The average Bonchev–Trinajstić information content (AvgIpc) is 3.52. The molecule has 1 aliphatic carbocycles. The van der Waals surface area contributed by atoms with Crippen LogP contribution >= 0.6 is 0 Å². The highest BCUT2D eigenvalue weighted by molar-refractivity contribution is 5.85. The minimum Gasteiger partial charge on any atom is -0.444 e. The van der Waals surface area contributed by atoms with Crippen LogP contribution in [0.15, 0.2) is 36.5 Å². The lowest BCUT2D eigenvalue weighted by Gasteiger charge is -2.40. The zero-order chi connectivity index (χ0) is 31.2. The summed E-state index contributed by atoms with van der Waals surface area (Å²) < 4.78 is 48.3.